The molecule has 0 saturated carbocycles. The number of hydrogen-bond acceptors (Lipinski definition) is 4. The SMILES string of the molecule is CC(CN1c2nc(-c3ccncc3)cc(=O)n2CCC1(C)C)c1ccccc1. The van der Waals surface area contributed by atoms with E-state index in [4.69, 9.17) is 4.98 Å². The van der Waals surface area contributed by atoms with Crippen LogP contribution in [0.2, 0.25) is 0 Å². The first-order valence-electron chi connectivity index (χ1n) is 9.80. The van der Waals surface area contributed by atoms with Gasteiger partial charge in [0.1, 0.15) is 0 Å². The van der Waals surface area contributed by atoms with E-state index in [0.29, 0.717) is 18.2 Å². The number of benzene rings is 1. The van der Waals surface area contributed by atoms with Gasteiger partial charge in [-0.3, -0.25) is 14.3 Å². The Hall–Kier alpha value is -2.95. The molecule has 0 N–H and O–H groups in total. The highest BCUT2D eigenvalue weighted by molar-refractivity contribution is 5.60. The molecule has 1 unspecified atom stereocenters. The van der Waals surface area contributed by atoms with E-state index in [9.17, 15) is 4.79 Å². The van der Waals surface area contributed by atoms with Gasteiger partial charge in [-0.15, -0.1) is 0 Å². The Morgan fingerprint density at radius 1 is 1.11 bits per heavy atom. The normalized spacial score (nSPS) is 16.5. The van der Waals surface area contributed by atoms with Crippen LogP contribution in [0.4, 0.5) is 5.95 Å². The van der Waals surface area contributed by atoms with E-state index < -0.39 is 0 Å². The van der Waals surface area contributed by atoms with Crippen LogP contribution in [0.5, 0.6) is 0 Å². The number of hydrogen-bond donors (Lipinski definition) is 0. The fraction of sp³-hybridized carbons (Fsp3) is 0.348. The minimum atomic E-state index is -0.0701. The molecule has 2 aromatic heterocycles. The summed E-state index contributed by atoms with van der Waals surface area (Å²) in [6.07, 6.45) is 4.37. The number of fused-ring (bicyclic) bond motifs is 1. The maximum Gasteiger partial charge on any atom is 0.255 e. The zero-order valence-corrected chi connectivity index (χ0v) is 16.7. The van der Waals surface area contributed by atoms with Gasteiger partial charge < -0.3 is 4.90 Å². The predicted octanol–water partition coefficient (Wildman–Crippen LogP) is 4.10. The molecule has 0 radical (unpaired) electrons. The van der Waals surface area contributed by atoms with Crippen molar-refractivity contribution in [1.82, 2.24) is 14.5 Å². The van der Waals surface area contributed by atoms with Crippen molar-refractivity contribution in [3.63, 3.8) is 0 Å². The molecule has 0 bridgehead atoms. The molecule has 0 aliphatic carbocycles. The molecular weight excluding hydrogens is 348 g/mol. The molecule has 1 aliphatic heterocycles. The minimum Gasteiger partial charge on any atom is -0.336 e. The monoisotopic (exact) mass is 374 g/mol. The van der Waals surface area contributed by atoms with Crippen molar-refractivity contribution in [3.05, 3.63) is 76.8 Å². The van der Waals surface area contributed by atoms with Gasteiger partial charge in [0, 0.05) is 42.7 Å². The van der Waals surface area contributed by atoms with Crippen LogP contribution in [0.1, 0.15) is 38.7 Å². The van der Waals surface area contributed by atoms with E-state index in [1.165, 1.54) is 5.56 Å². The zero-order valence-electron chi connectivity index (χ0n) is 16.7. The highest BCUT2D eigenvalue weighted by Crippen LogP contribution is 2.33. The van der Waals surface area contributed by atoms with Gasteiger partial charge in [-0.2, -0.15) is 0 Å². The largest absolute Gasteiger partial charge is 0.336 e. The summed E-state index contributed by atoms with van der Waals surface area (Å²) in [4.78, 5) is 24.2. The fourth-order valence-corrected chi connectivity index (χ4v) is 3.86. The van der Waals surface area contributed by atoms with Crippen molar-refractivity contribution in [1.29, 1.82) is 0 Å². The lowest BCUT2D eigenvalue weighted by atomic mass is 9.92. The van der Waals surface area contributed by atoms with Gasteiger partial charge in [-0.1, -0.05) is 37.3 Å². The number of rotatable bonds is 4. The summed E-state index contributed by atoms with van der Waals surface area (Å²) < 4.78 is 1.81. The van der Waals surface area contributed by atoms with Gasteiger partial charge in [0.2, 0.25) is 5.95 Å². The third-order valence-corrected chi connectivity index (χ3v) is 5.71. The summed E-state index contributed by atoms with van der Waals surface area (Å²) in [7, 11) is 0. The number of aromatic nitrogens is 3. The number of anilines is 1. The Labute approximate surface area is 165 Å². The van der Waals surface area contributed by atoms with E-state index in [1.54, 1.807) is 18.5 Å². The third-order valence-electron chi connectivity index (χ3n) is 5.71. The van der Waals surface area contributed by atoms with Crippen molar-refractivity contribution >= 4 is 5.95 Å². The van der Waals surface area contributed by atoms with E-state index in [2.05, 4.69) is 54.9 Å². The van der Waals surface area contributed by atoms with Crippen LogP contribution in [-0.4, -0.2) is 26.6 Å². The van der Waals surface area contributed by atoms with Gasteiger partial charge >= 0.3 is 0 Å². The molecular formula is C23H26N4O. The first kappa shape index (κ1) is 18.4. The zero-order chi connectivity index (χ0) is 19.7. The van der Waals surface area contributed by atoms with Crippen LogP contribution >= 0.6 is 0 Å². The molecule has 1 aliphatic rings. The summed E-state index contributed by atoms with van der Waals surface area (Å²) >= 11 is 0. The summed E-state index contributed by atoms with van der Waals surface area (Å²) in [6, 6.07) is 15.9. The maximum absolute atomic E-state index is 12.9. The first-order chi connectivity index (χ1) is 13.5. The molecule has 4 rings (SSSR count). The first-order valence-corrected chi connectivity index (χ1v) is 9.80. The molecule has 1 aromatic carbocycles. The quantitative estimate of drug-likeness (QED) is 0.690. The van der Waals surface area contributed by atoms with Gasteiger partial charge in [-0.05, 0) is 43.9 Å². The topological polar surface area (TPSA) is 51.0 Å². The van der Waals surface area contributed by atoms with Gasteiger partial charge in [0.25, 0.3) is 5.56 Å². The van der Waals surface area contributed by atoms with Crippen LogP contribution in [0.3, 0.4) is 0 Å². The Bertz CT molecular complexity index is 1010. The molecule has 1 atom stereocenters. The lowest BCUT2D eigenvalue weighted by Crippen LogP contribution is -2.53. The van der Waals surface area contributed by atoms with Crippen molar-refractivity contribution in [2.45, 2.75) is 45.2 Å². The van der Waals surface area contributed by atoms with Crippen LogP contribution in [0.25, 0.3) is 11.3 Å². The van der Waals surface area contributed by atoms with Crippen molar-refractivity contribution < 1.29 is 0 Å². The standard InChI is InChI=1S/C23H26N4O/c1-17(18-7-5-4-6-8-18)16-27-22-25-20(19-9-12-24-13-10-19)15-21(28)26(22)14-11-23(27,2)3/h4-10,12-13,15,17H,11,14,16H2,1-3H3. The van der Waals surface area contributed by atoms with Crippen molar-refractivity contribution in [2.24, 2.45) is 0 Å². The highest BCUT2D eigenvalue weighted by atomic mass is 16.1. The van der Waals surface area contributed by atoms with Crippen LogP contribution in [0.15, 0.2) is 65.7 Å². The fourth-order valence-electron chi connectivity index (χ4n) is 3.86. The van der Waals surface area contributed by atoms with Crippen molar-refractivity contribution in [3.8, 4) is 11.3 Å². The predicted molar refractivity (Wildman–Crippen MR) is 113 cm³/mol. The van der Waals surface area contributed by atoms with Gasteiger partial charge in [0.15, 0.2) is 0 Å². The molecule has 28 heavy (non-hydrogen) atoms. The Morgan fingerprint density at radius 3 is 2.54 bits per heavy atom. The molecule has 3 aromatic rings. The summed E-state index contributed by atoms with van der Waals surface area (Å²) in [5.74, 6) is 1.09. The molecule has 5 heteroatoms. The molecule has 0 saturated heterocycles. The number of pyridine rings is 1. The van der Waals surface area contributed by atoms with E-state index in [1.807, 2.05) is 22.8 Å². The maximum atomic E-state index is 12.9. The smallest absolute Gasteiger partial charge is 0.255 e. The van der Waals surface area contributed by atoms with E-state index >= 15 is 0 Å². The average Bonchev–Trinajstić information content (AvgIpc) is 2.71. The lowest BCUT2D eigenvalue weighted by molar-refractivity contribution is 0.341. The summed E-state index contributed by atoms with van der Waals surface area (Å²) in [6.45, 7) is 8.21. The van der Waals surface area contributed by atoms with Crippen LogP contribution < -0.4 is 10.5 Å². The van der Waals surface area contributed by atoms with Gasteiger partial charge in [0.05, 0.1) is 5.69 Å². The Balaban J connectivity index is 1.77. The van der Waals surface area contributed by atoms with E-state index in [0.717, 1.165) is 24.5 Å². The molecule has 3 heterocycles. The van der Waals surface area contributed by atoms with Crippen LogP contribution in [0, 0.1) is 0 Å². The molecule has 5 nitrogen and oxygen atoms in total. The molecule has 0 amide bonds. The second kappa shape index (κ2) is 7.23. The highest BCUT2D eigenvalue weighted by Gasteiger charge is 2.35. The summed E-state index contributed by atoms with van der Waals surface area (Å²) in [5, 5.41) is 0. The Kier molecular flexibility index (Phi) is 4.75. The van der Waals surface area contributed by atoms with Crippen molar-refractivity contribution in [2.75, 3.05) is 11.4 Å². The lowest BCUT2D eigenvalue weighted by Gasteiger charge is -2.45. The van der Waals surface area contributed by atoms with E-state index in [-0.39, 0.29) is 11.1 Å². The molecule has 0 fully saturated rings. The average molecular weight is 374 g/mol. The second-order valence-corrected chi connectivity index (χ2v) is 8.15. The molecule has 144 valence electrons. The molecule has 0 spiro atoms. The minimum absolute atomic E-state index is 0.00433. The number of nitrogens with zero attached hydrogens (tertiary/aromatic N) is 4. The second-order valence-electron chi connectivity index (χ2n) is 8.15. The third kappa shape index (κ3) is 3.44. The Morgan fingerprint density at radius 2 is 1.82 bits per heavy atom. The van der Waals surface area contributed by atoms with Crippen LogP contribution in [-0.2, 0) is 6.54 Å². The van der Waals surface area contributed by atoms with Gasteiger partial charge in [-0.25, -0.2) is 4.98 Å². The summed E-state index contributed by atoms with van der Waals surface area (Å²) in [5.41, 5.74) is 2.84.